The Hall–Kier alpha value is -5.40. The van der Waals surface area contributed by atoms with Crippen LogP contribution in [-0.2, 0) is 31.0 Å². The summed E-state index contributed by atoms with van der Waals surface area (Å²) < 4.78 is 51.2. The van der Waals surface area contributed by atoms with Crippen molar-refractivity contribution >= 4 is 34.1 Å². The van der Waals surface area contributed by atoms with Gasteiger partial charge in [0.05, 0.1) is 30.3 Å². The van der Waals surface area contributed by atoms with Crippen LogP contribution in [0.2, 0.25) is 0 Å². The van der Waals surface area contributed by atoms with E-state index in [9.17, 15) is 22.8 Å². The number of aromatic nitrogens is 5. The van der Waals surface area contributed by atoms with Crippen molar-refractivity contribution in [2.45, 2.75) is 26.1 Å². The van der Waals surface area contributed by atoms with E-state index in [1.807, 2.05) is 12.1 Å². The molecular formula is C34H33F3N8O3. The van der Waals surface area contributed by atoms with E-state index in [1.165, 1.54) is 13.2 Å². The van der Waals surface area contributed by atoms with Gasteiger partial charge in [-0.05, 0) is 47.4 Å². The lowest BCUT2D eigenvalue weighted by molar-refractivity contribution is -0.141. The van der Waals surface area contributed by atoms with Gasteiger partial charge in [-0.15, -0.1) is 0 Å². The Balaban J connectivity index is 1.33. The second kappa shape index (κ2) is 12.0. The van der Waals surface area contributed by atoms with E-state index in [4.69, 9.17) is 9.72 Å². The first-order valence-electron chi connectivity index (χ1n) is 15.5. The van der Waals surface area contributed by atoms with Crippen LogP contribution in [0.3, 0.4) is 0 Å². The Bertz CT molecular complexity index is 2030. The highest BCUT2D eigenvalue weighted by Crippen LogP contribution is 2.42. The molecule has 2 aliphatic rings. The SMILES string of the molecule is COc1cc(N2CCN(C(C)=O)CC2)c2nccc(N3CCc4c(cc(Cn5ccnc5)cc4-c4cn(C)nc4C(F)(F)F)C3=O)c2c1. The number of carbonyl (C=O) groups excluding carboxylic acids is 2. The third kappa shape index (κ3) is 5.60. The Kier molecular flexibility index (Phi) is 7.80. The number of aryl methyl sites for hydroxylation is 1. The molecule has 48 heavy (non-hydrogen) atoms. The zero-order valence-electron chi connectivity index (χ0n) is 26.7. The lowest BCUT2D eigenvalue weighted by Gasteiger charge is -2.36. The molecule has 2 aromatic carbocycles. The zero-order chi connectivity index (χ0) is 33.7. The second-order valence-electron chi connectivity index (χ2n) is 12.0. The monoisotopic (exact) mass is 658 g/mol. The number of anilines is 2. The topological polar surface area (TPSA) is 102 Å². The number of benzene rings is 2. The van der Waals surface area contributed by atoms with E-state index in [0.29, 0.717) is 83.7 Å². The average molecular weight is 659 g/mol. The number of methoxy groups -OCH3 is 1. The van der Waals surface area contributed by atoms with Crippen LogP contribution in [-0.4, -0.2) is 80.9 Å². The maximum atomic E-state index is 14.5. The van der Waals surface area contributed by atoms with Gasteiger partial charge in [0.1, 0.15) is 5.75 Å². The number of imidazole rings is 1. The molecule has 5 aromatic rings. The Morgan fingerprint density at radius 3 is 2.44 bits per heavy atom. The lowest BCUT2D eigenvalue weighted by atomic mass is 9.88. The molecule has 11 nitrogen and oxygen atoms in total. The maximum Gasteiger partial charge on any atom is 0.435 e. The van der Waals surface area contributed by atoms with Crippen molar-refractivity contribution in [1.29, 1.82) is 0 Å². The van der Waals surface area contributed by atoms with Crippen molar-refractivity contribution in [1.82, 2.24) is 29.2 Å². The van der Waals surface area contributed by atoms with Crippen LogP contribution in [0.5, 0.6) is 5.75 Å². The number of hydrogen-bond donors (Lipinski definition) is 0. The van der Waals surface area contributed by atoms with Gasteiger partial charge in [0.15, 0.2) is 5.69 Å². The van der Waals surface area contributed by atoms with E-state index < -0.39 is 11.9 Å². The molecule has 0 unspecified atom stereocenters. The van der Waals surface area contributed by atoms with Gasteiger partial charge < -0.3 is 24.0 Å². The summed E-state index contributed by atoms with van der Waals surface area (Å²) in [6.45, 7) is 4.49. The quantitative estimate of drug-likeness (QED) is 0.259. The molecule has 0 atom stereocenters. The molecule has 2 amide bonds. The predicted octanol–water partition coefficient (Wildman–Crippen LogP) is 4.78. The highest BCUT2D eigenvalue weighted by Gasteiger charge is 2.39. The van der Waals surface area contributed by atoms with Crippen molar-refractivity contribution in [2.75, 3.05) is 49.6 Å². The van der Waals surface area contributed by atoms with E-state index in [-0.39, 0.29) is 23.9 Å². The lowest BCUT2D eigenvalue weighted by Crippen LogP contribution is -2.48. The number of halogens is 3. The molecule has 0 aliphatic carbocycles. The first-order chi connectivity index (χ1) is 23.0. The van der Waals surface area contributed by atoms with Gasteiger partial charge in [-0.2, -0.15) is 18.3 Å². The summed E-state index contributed by atoms with van der Waals surface area (Å²) in [7, 11) is 3.03. The summed E-state index contributed by atoms with van der Waals surface area (Å²) in [5.74, 6) is 0.296. The number of alkyl halides is 3. The standard InChI is InChI=1S/C34H33F3N8O3/c1-21(46)43-10-12-44(13-11-43)30-17-23(48-3)16-27-29(4-6-39-31(27)30)45-8-5-24-25(28-19-41(2)40-32(28)34(35,36)37)14-22(15-26(24)33(45)47)18-42-9-7-38-20-42/h4,6-7,9,14-17,19-20H,5,8,10-13,18H2,1-3H3. The van der Waals surface area contributed by atoms with E-state index >= 15 is 0 Å². The highest BCUT2D eigenvalue weighted by atomic mass is 19.4. The third-order valence-electron chi connectivity index (χ3n) is 9.05. The van der Waals surface area contributed by atoms with Crippen LogP contribution >= 0.6 is 0 Å². The minimum absolute atomic E-state index is 0.0314. The summed E-state index contributed by atoms with van der Waals surface area (Å²) in [5, 5.41) is 4.45. The highest BCUT2D eigenvalue weighted by molar-refractivity contribution is 6.14. The van der Waals surface area contributed by atoms with E-state index in [1.54, 1.807) is 71.5 Å². The van der Waals surface area contributed by atoms with Crippen molar-refractivity contribution in [2.24, 2.45) is 7.05 Å². The van der Waals surface area contributed by atoms with Crippen LogP contribution in [0, 0.1) is 0 Å². The smallest absolute Gasteiger partial charge is 0.435 e. The zero-order valence-corrected chi connectivity index (χ0v) is 26.7. The normalized spacial score (nSPS) is 15.3. The Morgan fingerprint density at radius 1 is 0.979 bits per heavy atom. The van der Waals surface area contributed by atoms with Crippen molar-refractivity contribution in [3.8, 4) is 16.9 Å². The maximum absolute atomic E-state index is 14.5. The number of hydrogen-bond acceptors (Lipinski definition) is 7. The van der Waals surface area contributed by atoms with Gasteiger partial charge >= 0.3 is 6.18 Å². The van der Waals surface area contributed by atoms with E-state index in [2.05, 4.69) is 15.0 Å². The summed E-state index contributed by atoms with van der Waals surface area (Å²) in [6.07, 6.45) is 3.65. The van der Waals surface area contributed by atoms with Gasteiger partial charge in [-0.3, -0.25) is 19.3 Å². The number of pyridine rings is 1. The predicted molar refractivity (Wildman–Crippen MR) is 173 cm³/mol. The average Bonchev–Trinajstić information content (AvgIpc) is 3.74. The van der Waals surface area contributed by atoms with Crippen LogP contribution in [0.15, 0.2) is 61.4 Å². The number of carbonyl (C=O) groups is 2. The summed E-state index contributed by atoms with van der Waals surface area (Å²) in [5.41, 5.74) is 2.95. The molecular weight excluding hydrogens is 625 g/mol. The fourth-order valence-electron chi connectivity index (χ4n) is 6.76. The number of rotatable bonds is 6. The minimum atomic E-state index is -4.68. The molecule has 0 saturated carbocycles. The summed E-state index contributed by atoms with van der Waals surface area (Å²) >= 11 is 0. The third-order valence-corrected chi connectivity index (χ3v) is 9.05. The molecule has 1 saturated heterocycles. The van der Waals surface area contributed by atoms with Crippen LogP contribution in [0.25, 0.3) is 22.0 Å². The van der Waals surface area contributed by atoms with E-state index in [0.717, 1.165) is 10.4 Å². The molecule has 0 N–H and O–H groups in total. The van der Waals surface area contributed by atoms with Crippen molar-refractivity contribution in [3.63, 3.8) is 0 Å². The number of piperazine rings is 1. The van der Waals surface area contributed by atoms with Gasteiger partial charge in [-0.25, -0.2) is 4.98 Å². The minimum Gasteiger partial charge on any atom is -0.497 e. The van der Waals surface area contributed by atoms with Crippen LogP contribution in [0.1, 0.15) is 34.1 Å². The summed E-state index contributed by atoms with van der Waals surface area (Å²) in [6, 6.07) is 9.03. The number of nitrogens with zero attached hydrogens (tertiary/aromatic N) is 8. The largest absolute Gasteiger partial charge is 0.497 e. The first kappa shape index (κ1) is 31.2. The fourth-order valence-corrected chi connectivity index (χ4v) is 6.76. The number of amides is 2. The molecule has 0 bridgehead atoms. The molecule has 2 aliphatic heterocycles. The molecule has 0 spiro atoms. The van der Waals surface area contributed by atoms with Crippen molar-refractivity contribution in [3.05, 3.63) is 83.8 Å². The molecule has 248 valence electrons. The van der Waals surface area contributed by atoms with Crippen LogP contribution < -0.4 is 14.5 Å². The summed E-state index contributed by atoms with van der Waals surface area (Å²) in [4.78, 5) is 40.9. The molecule has 0 radical (unpaired) electrons. The Labute approximate surface area is 274 Å². The first-order valence-corrected chi connectivity index (χ1v) is 15.5. The molecule has 1 fully saturated rings. The van der Waals surface area contributed by atoms with Gasteiger partial charge in [0, 0.05) is 101 Å². The molecule has 5 heterocycles. The molecule has 7 rings (SSSR count). The fraction of sp³-hybridized carbons (Fsp3) is 0.324. The Morgan fingerprint density at radius 2 is 1.75 bits per heavy atom. The number of ether oxygens (including phenoxy) is 1. The van der Waals surface area contributed by atoms with Crippen molar-refractivity contribution < 1.29 is 27.5 Å². The second-order valence-corrected chi connectivity index (χ2v) is 12.0. The molecule has 14 heteroatoms. The van der Waals surface area contributed by atoms with Gasteiger partial charge in [-0.1, -0.05) is 0 Å². The molecule has 3 aromatic heterocycles. The number of fused-ring (bicyclic) bond motifs is 2. The van der Waals surface area contributed by atoms with Gasteiger partial charge in [0.25, 0.3) is 5.91 Å². The van der Waals surface area contributed by atoms with Crippen LogP contribution in [0.4, 0.5) is 24.5 Å². The van der Waals surface area contributed by atoms with Gasteiger partial charge in [0.2, 0.25) is 5.91 Å².